The molecule has 0 bridgehead atoms. The molecule has 1 aliphatic rings. The van der Waals surface area contributed by atoms with Crippen molar-refractivity contribution in [2.24, 2.45) is 5.92 Å². The predicted octanol–water partition coefficient (Wildman–Crippen LogP) is 1.51. The Hall–Kier alpha value is -1.56. The predicted molar refractivity (Wildman–Crippen MR) is 68.9 cm³/mol. The lowest BCUT2D eigenvalue weighted by molar-refractivity contribution is -0.141. The largest absolute Gasteiger partial charge is 0.479 e. The topological polar surface area (TPSA) is 76.1 Å². The number of aliphatic carboxylic acids is 1. The lowest BCUT2D eigenvalue weighted by atomic mass is 10.0. The number of amides is 1. The van der Waals surface area contributed by atoms with Crippen molar-refractivity contribution in [3.8, 4) is 0 Å². The molecule has 0 aromatic carbocycles. The van der Waals surface area contributed by atoms with E-state index in [-0.39, 0.29) is 12.5 Å². The average molecular weight is 271 g/mol. The fraction of sp³-hybridized carbons (Fsp3) is 0.692. The molecule has 19 heavy (non-hydrogen) atoms. The van der Waals surface area contributed by atoms with Crippen molar-refractivity contribution >= 4 is 12.1 Å². The van der Waals surface area contributed by atoms with Crippen LogP contribution in [0.15, 0.2) is 12.2 Å². The van der Waals surface area contributed by atoms with E-state index >= 15 is 0 Å². The monoisotopic (exact) mass is 271 g/mol. The highest BCUT2D eigenvalue weighted by molar-refractivity contribution is 5.82. The number of hydrogen-bond donors (Lipinski definition) is 1. The first kappa shape index (κ1) is 15.5. The summed E-state index contributed by atoms with van der Waals surface area (Å²) in [7, 11) is 1.56. The summed E-state index contributed by atoms with van der Waals surface area (Å²) in [6.07, 6.45) is 2.65. The van der Waals surface area contributed by atoms with Crippen LogP contribution in [0.1, 0.15) is 20.8 Å². The quantitative estimate of drug-likeness (QED) is 0.787. The highest BCUT2D eigenvalue weighted by atomic mass is 16.6. The molecule has 2 atom stereocenters. The summed E-state index contributed by atoms with van der Waals surface area (Å²) in [5.74, 6) is -1.09. The number of methoxy groups -OCH3 is 1. The molecule has 6 nitrogen and oxygen atoms in total. The molecule has 1 heterocycles. The van der Waals surface area contributed by atoms with Crippen LogP contribution in [0.2, 0.25) is 0 Å². The summed E-state index contributed by atoms with van der Waals surface area (Å²) in [6, 6.07) is -0.983. The van der Waals surface area contributed by atoms with Gasteiger partial charge in [0.05, 0.1) is 6.61 Å². The molecular weight excluding hydrogens is 250 g/mol. The maximum absolute atomic E-state index is 12.0. The lowest BCUT2D eigenvalue weighted by Crippen LogP contribution is -2.50. The van der Waals surface area contributed by atoms with Crippen LogP contribution >= 0.6 is 0 Å². The Morgan fingerprint density at radius 2 is 2.00 bits per heavy atom. The van der Waals surface area contributed by atoms with Gasteiger partial charge in [-0.1, -0.05) is 12.2 Å². The molecule has 1 amide bonds. The van der Waals surface area contributed by atoms with Gasteiger partial charge in [0.1, 0.15) is 5.60 Å². The van der Waals surface area contributed by atoms with Gasteiger partial charge in [0.25, 0.3) is 0 Å². The van der Waals surface area contributed by atoms with Gasteiger partial charge in [-0.25, -0.2) is 9.59 Å². The van der Waals surface area contributed by atoms with Gasteiger partial charge in [-0.3, -0.25) is 4.90 Å². The summed E-state index contributed by atoms with van der Waals surface area (Å²) in [6.45, 7) is 5.94. The third kappa shape index (κ3) is 4.55. The maximum Gasteiger partial charge on any atom is 0.411 e. The standard InChI is InChI=1S/C13H21NO5/c1-13(2,3)19-12(17)14-7-9(8-18-4)5-6-10(14)11(15)16/h5-6,9-10H,7-8H2,1-4H3,(H,15,16)/t9-,10?/m0/s1. The van der Waals surface area contributed by atoms with E-state index in [9.17, 15) is 9.59 Å². The Morgan fingerprint density at radius 1 is 1.37 bits per heavy atom. The molecule has 0 radical (unpaired) electrons. The molecule has 1 N–H and O–H groups in total. The van der Waals surface area contributed by atoms with Crippen LogP contribution in [-0.2, 0) is 14.3 Å². The van der Waals surface area contributed by atoms with E-state index in [0.29, 0.717) is 6.61 Å². The molecule has 0 aromatic heterocycles. The van der Waals surface area contributed by atoms with Gasteiger partial charge < -0.3 is 14.6 Å². The number of carboxylic acids is 1. The van der Waals surface area contributed by atoms with E-state index in [1.165, 1.54) is 11.0 Å². The molecule has 0 saturated carbocycles. The number of hydrogen-bond acceptors (Lipinski definition) is 4. The zero-order chi connectivity index (χ0) is 14.6. The van der Waals surface area contributed by atoms with Gasteiger partial charge in [0.15, 0.2) is 6.04 Å². The first-order valence-corrected chi connectivity index (χ1v) is 6.14. The molecule has 0 fully saturated rings. The molecule has 0 saturated heterocycles. The van der Waals surface area contributed by atoms with Gasteiger partial charge in [-0.2, -0.15) is 0 Å². The number of carbonyl (C=O) groups excluding carboxylic acids is 1. The normalized spacial score (nSPS) is 23.3. The third-order valence-electron chi connectivity index (χ3n) is 2.59. The Kier molecular flexibility index (Phi) is 4.94. The molecule has 0 aliphatic carbocycles. The molecule has 108 valence electrons. The van der Waals surface area contributed by atoms with Crippen LogP contribution < -0.4 is 0 Å². The second kappa shape index (κ2) is 6.06. The zero-order valence-electron chi connectivity index (χ0n) is 11.8. The van der Waals surface area contributed by atoms with Crippen LogP contribution in [0.5, 0.6) is 0 Å². The van der Waals surface area contributed by atoms with E-state index < -0.39 is 23.7 Å². The van der Waals surface area contributed by atoms with Crippen molar-refractivity contribution in [2.75, 3.05) is 20.3 Å². The second-order valence-corrected chi connectivity index (χ2v) is 5.52. The lowest BCUT2D eigenvalue weighted by Gasteiger charge is -2.34. The minimum Gasteiger partial charge on any atom is -0.479 e. The number of carbonyl (C=O) groups is 2. The van der Waals surface area contributed by atoms with Crippen molar-refractivity contribution < 1.29 is 24.2 Å². The Morgan fingerprint density at radius 3 is 2.47 bits per heavy atom. The van der Waals surface area contributed by atoms with Crippen molar-refractivity contribution in [3.05, 3.63) is 12.2 Å². The Balaban J connectivity index is 2.84. The van der Waals surface area contributed by atoms with E-state index in [0.717, 1.165) is 0 Å². The molecule has 1 unspecified atom stereocenters. The van der Waals surface area contributed by atoms with Crippen LogP contribution in [0.25, 0.3) is 0 Å². The van der Waals surface area contributed by atoms with Gasteiger partial charge >= 0.3 is 12.1 Å². The fourth-order valence-corrected chi connectivity index (χ4v) is 1.84. The number of rotatable bonds is 3. The van der Waals surface area contributed by atoms with Crippen LogP contribution in [0, 0.1) is 5.92 Å². The minimum absolute atomic E-state index is 0.0203. The average Bonchev–Trinajstić information content (AvgIpc) is 2.26. The van der Waals surface area contributed by atoms with Crippen molar-refractivity contribution in [1.82, 2.24) is 4.90 Å². The summed E-state index contributed by atoms with van der Waals surface area (Å²) < 4.78 is 10.3. The maximum atomic E-state index is 12.0. The van der Waals surface area contributed by atoms with Crippen molar-refractivity contribution in [3.63, 3.8) is 0 Å². The van der Waals surface area contributed by atoms with Crippen molar-refractivity contribution in [1.29, 1.82) is 0 Å². The number of ether oxygens (including phenoxy) is 2. The third-order valence-corrected chi connectivity index (χ3v) is 2.59. The number of nitrogens with zero attached hydrogens (tertiary/aromatic N) is 1. The van der Waals surface area contributed by atoms with Gasteiger partial charge in [-0.15, -0.1) is 0 Å². The van der Waals surface area contributed by atoms with Crippen LogP contribution in [-0.4, -0.2) is 54.0 Å². The van der Waals surface area contributed by atoms with Crippen molar-refractivity contribution in [2.45, 2.75) is 32.4 Å². The van der Waals surface area contributed by atoms with E-state index in [4.69, 9.17) is 14.6 Å². The molecular formula is C13H21NO5. The molecule has 0 spiro atoms. The van der Waals surface area contributed by atoms with E-state index in [2.05, 4.69) is 0 Å². The second-order valence-electron chi connectivity index (χ2n) is 5.52. The summed E-state index contributed by atoms with van der Waals surface area (Å²) in [4.78, 5) is 24.4. The van der Waals surface area contributed by atoms with Gasteiger partial charge in [-0.05, 0) is 20.8 Å². The zero-order valence-corrected chi connectivity index (χ0v) is 11.8. The van der Waals surface area contributed by atoms with Crippen LogP contribution in [0.4, 0.5) is 4.79 Å². The minimum atomic E-state index is -1.07. The Labute approximate surface area is 113 Å². The summed E-state index contributed by atoms with van der Waals surface area (Å²) in [5, 5.41) is 9.14. The van der Waals surface area contributed by atoms with Gasteiger partial charge in [0.2, 0.25) is 0 Å². The molecule has 0 aromatic rings. The molecule has 6 heteroatoms. The van der Waals surface area contributed by atoms with E-state index in [1.54, 1.807) is 34.0 Å². The van der Waals surface area contributed by atoms with E-state index in [1.807, 2.05) is 0 Å². The molecule has 1 aliphatic heterocycles. The molecule has 1 rings (SSSR count). The summed E-state index contributed by atoms with van der Waals surface area (Å²) in [5.41, 5.74) is -0.655. The highest BCUT2D eigenvalue weighted by Crippen LogP contribution is 2.19. The van der Waals surface area contributed by atoms with Gasteiger partial charge in [0, 0.05) is 19.6 Å². The summed E-state index contributed by atoms with van der Waals surface area (Å²) >= 11 is 0. The fourth-order valence-electron chi connectivity index (χ4n) is 1.84. The van der Waals surface area contributed by atoms with Crippen LogP contribution in [0.3, 0.4) is 0 Å². The number of carboxylic acid groups (broad SMARTS) is 1. The first-order valence-electron chi connectivity index (χ1n) is 6.14. The Bertz CT molecular complexity index is 372. The first-order chi connectivity index (χ1) is 8.74. The smallest absolute Gasteiger partial charge is 0.411 e. The highest BCUT2D eigenvalue weighted by Gasteiger charge is 2.35. The SMILES string of the molecule is COC[C@H]1C=CC(C(=O)O)N(C(=O)OC(C)(C)C)C1.